The summed E-state index contributed by atoms with van der Waals surface area (Å²) in [6.45, 7) is 5.97. The van der Waals surface area contributed by atoms with E-state index in [2.05, 4.69) is 22.7 Å². The normalized spacial score (nSPS) is 32.9. The molecule has 4 heteroatoms. The van der Waals surface area contributed by atoms with E-state index in [0.717, 1.165) is 26.2 Å². The fourth-order valence-corrected chi connectivity index (χ4v) is 2.41. The van der Waals surface area contributed by atoms with Crippen LogP contribution in [0.15, 0.2) is 0 Å². The summed E-state index contributed by atoms with van der Waals surface area (Å²) in [5.74, 6) is 0.830. The summed E-state index contributed by atoms with van der Waals surface area (Å²) in [6.07, 6.45) is 3.71. The van der Waals surface area contributed by atoms with Crippen molar-refractivity contribution in [1.82, 2.24) is 15.8 Å². The predicted molar refractivity (Wildman–Crippen MR) is 59.1 cm³/mol. The molecule has 0 saturated carbocycles. The minimum absolute atomic E-state index is 0.159. The van der Waals surface area contributed by atoms with Crippen molar-refractivity contribution < 1.29 is 4.79 Å². The second-order valence-electron chi connectivity index (χ2n) is 4.77. The molecule has 0 aliphatic carbocycles. The van der Waals surface area contributed by atoms with Crippen LogP contribution >= 0.6 is 0 Å². The molecule has 4 nitrogen and oxygen atoms in total. The molecular formula is C11H21N3O. The number of piperidine rings is 1. The third kappa shape index (κ3) is 2.69. The van der Waals surface area contributed by atoms with E-state index in [0.29, 0.717) is 5.92 Å². The Hall–Kier alpha value is -0.610. The molecule has 2 aliphatic heterocycles. The topological polar surface area (TPSA) is 44.4 Å². The lowest BCUT2D eigenvalue weighted by Gasteiger charge is -2.28. The molecule has 0 aromatic heterocycles. The molecule has 1 amide bonds. The number of hydrogen-bond donors (Lipinski definition) is 2. The van der Waals surface area contributed by atoms with Crippen molar-refractivity contribution in [3.63, 3.8) is 0 Å². The maximum Gasteiger partial charge on any atom is 0.238 e. The summed E-state index contributed by atoms with van der Waals surface area (Å²) in [7, 11) is 0. The summed E-state index contributed by atoms with van der Waals surface area (Å²) >= 11 is 0. The Morgan fingerprint density at radius 3 is 2.60 bits per heavy atom. The first-order valence-corrected chi connectivity index (χ1v) is 6.03. The number of hydrazine groups is 1. The van der Waals surface area contributed by atoms with E-state index < -0.39 is 0 Å². The van der Waals surface area contributed by atoms with E-state index >= 15 is 0 Å². The molecule has 2 heterocycles. The fraction of sp³-hybridized carbons (Fsp3) is 0.909. The van der Waals surface area contributed by atoms with Gasteiger partial charge in [-0.2, -0.15) is 0 Å². The van der Waals surface area contributed by atoms with E-state index in [1.165, 1.54) is 19.3 Å². The first-order chi connectivity index (χ1) is 7.27. The van der Waals surface area contributed by atoms with Crippen LogP contribution in [0.4, 0.5) is 0 Å². The maximum atomic E-state index is 11.9. The minimum Gasteiger partial charge on any atom is -0.316 e. The number of nitrogens with zero attached hydrogens (tertiary/aromatic N) is 1. The Morgan fingerprint density at radius 2 is 2.00 bits per heavy atom. The van der Waals surface area contributed by atoms with Crippen molar-refractivity contribution in [2.24, 2.45) is 11.8 Å². The Labute approximate surface area is 91.4 Å². The number of carbonyl (C=O) groups excluding carboxylic acids is 1. The molecule has 2 fully saturated rings. The average Bonchev–Trinajstić information content (AvgIpc) is 2.66. The van der Waals surface area contributed by atoms with Crippen molar-refractivity contribution >= 4 is 5.91 Å². The molecule has 0 unspecified atom stereocenters. The highest BCUT2D eigenvalue weighted by Gasteiger charge is 2.30. The van der Waals surface area contributed by atoms with Crippen LogP contribution in [0.3, 0.4) is 0 Å². The van der Waals surface area contributed by atoms with E-state index in [9.17, 15) is 4.79 Å². The van der Waals surface area contributed by atoms with E-state index in [4.69, 9.17) is 0 Å². The Morgan fingerprint density at radius 1 is 1.27 bits per heavy atom. The first kappa shape index (κ1) is 10.9. The van der Waals surface area contributed by atoms with Gasteiger partial charge in [-0.05, 0) is 25.3 Å². The Bertz CT molecular complexity index is 226. The van der Waals surface area contributed by atoms with E-state index in [-0.39, 0.29) is 11.8 Å². The van der Waals surface area contributed by atoms with Crippen molar-refractivity contribution in [3.05, 3.63) is 0 Å². The molecule has 0 aromatic rings. The van der Waals surface area contributed by atoms with E-state index in [1.54, 1.807) is 0 Å². The lowest BCUT2D eigenvalue weighted by molar-refractivity contribution is -0.130. The average molecular weight is 211 g/mol. The van der Waals surface area contributed by atoms with Crippen LogP contribution in [-0.2, 0) is 4.79 Å². The zero-order valence-electron chi connectivity index (χ0n) is 9.46. The second-order valence-corrected chi connectivity index (χ2v) is 4.77. The molecule has 2 aliphatic rings. The highest BCUT2D eigenvalue weighted by Crippen LogP contribution is 2.16. The van der Waals surface area contributed by atoms with Gasteiger partial charge in [-0.25, -0.2) is 5.01 Å². The van der Waals surface area contributed by atoms with Crippen molar-refractivity contribution in [2.45, 2.75) is 26.2 Å². The van der Waals surface area contributed by atoms with Crippen LogP contribution in [0.5, 0.6) is 0 Å². The molecule has 86 valence electrons. The number of rotatable bonds is 2. The number of hydrogen-bond acceptors (Lipinski definition) is 3. The van der Waals surface area contributed by atoms with Crippen LogP contribution in [0.1, 0.15) is 26.2 Å². The molecule has 2 rings (SSSR count). The van der Waals surface area contributed by atoms with Gasteiger partial charge in [0.25, 0.3) is 0 Å². The molecule has 0 aromatic carbocycles. The quantitative estimate of drug-likeness (QED) is 0.693. The highest BCUT2D eigenvalue weighted by atomic mass is 16.2. The van der Waals surface area contributed by atoms with Crippen molar-refractivity contribution in [2.75, 3.05) is 26.2 Å². The third-order valence-electron chi connectivity index (χ3n) is 3.48. The zero-order valence-corrected chi connectivity index (χ0v) is 9.46. The monoisotopic (exact) mass is 211 g/mol. The maximum absolute atomic E-state index is 11.9. The lowest BCUT2D eigenvalue weighted by atomic mass is 9.98. The van der Waals surface area contributed by atoms with Crippen LogP contribution in [0.25, 0.3) is 0 Å². The predicted octanol–water partition coefficient (Wildman–Crippen LogP) is 0.359. The van der Waals surface area contributed by atoms with Gasteiger partial charge in [-0.15, -0.1) is 0 Å². The molecule has 0 radical (unpaired) electrons. The van der Waals surface area contributed by atoms with Crippen LogP contribution in [0.2, 0.25) is 0 Å². The Kier molecular flexibility index (Phi) is 3.59. The molecule has 2 saturated heterocycles. The summed E-state index contributed by atoms with van der Waals surface area (Å²) in [4.78, 5) is 11.9. The number of amides is 1. The largest absolute Gasteiger partial charge is 0.316 e. The molecule has 15 heavy (non-hydrogen) atoms. The minimum atomic E-state index is 0.159. The second kappa shape index (κ2) is 4.94. The SMILES string of the molecule is C[C@@H]1CNC[C@H]1C(=O)NN1CCCCC1. The van der Waals surface area contributed by atoms with Crippen LogP contribution in [-0.4, -0.2) is 37.1 Å². The van der Waals surface area contributed by atoms with Gasteiger partial charge in [0.2, 0.25) is 5.91 Å². The van der Waals surface area contributed by atoms with Gasteiger partial charge in [0, 0.05) is 19.6 Å². The third-order valence-corrected chi connectivity index (χ3v) is 3.48. The van der Waals surface area contributed by atoms with Gasteiger partial charge in [0.05, 0.1) is 5.92 Å². The standard InChI is InChI=1S/C11H21N3O/c1-9-7-12-8-10(9)11(15)13-14-5-3-2-4-6-14/h9-10,12H,2-8H2,1H3,(H,13,15)/t9-,10-/m1/s1. The molecular weight excluding hydrogens is 190 g/mol. The number of carbonyl (C=O) groups is 1. The van der Waals surface area contributed by atoms with Crippen LogP contribution < -0.4 is 10.7 Å². The lowest BCUT2D eigenvalue weighted by Crippen LogP contribution is -2.48. The van der Waals surface area contributed by atoms with Gasteiger partial charge in [-0.1, -0.05) is 13.3 Å². The van der Waals surface area contributed by atoms with Gasteiger partial charge in [0.1, 0.15) is 0 Å². The van der Waals surface area contributed by atoms with Gasteiger partial charge in [-0.3, -0.25) is 10.2 Å². The highest BCUT2D eigenvalue weighted by molar-refractivity contribution is 5.79. The van der Waals surface area contributed by atoms with Crippen LogP contribution in [0, 0.1) is 11.8 Å². The van der Waals surface area contributed by atoms with E-state index in [1.807, 2.05) is 0 Å². The van der Waals surface area contributed by atoms with Gasteiger partial charge in [0.15, 0.2) is 0 Å². The Balaban J connectivity index is 1.80. The van der Waals surface area contributed by atoms with Gasteiger partial charge >= 0.3 is 0 Å². The summed E-state index contributed by atoms with van der Waals surface area (Å²) in [5.41, 5.74) is 3.05. The molecule has 2 N–H and O–H groups in total. The number of nitrogens with one attached hydrogen (secondary N) is 2. The van der Waals surface area contributed by atoms with Crippen molar-refractivity contribution in [1.29, 1.82) is 0 Å². The van der Waals surface area contributed by atoms with Crippen molar-refractivity contribution in [3.8, 4) is 0 Å². The summed E-state index contributed by atoms with van der Waals surface area (Å²) < 4.78 is 0. The summed E-state index contributed by atoms with van der Waals surface area (Å²) in [6, 6.07) is 0. The summed E-state index contributed by atoms with van der Waals surface area (Å²) in [5, 5.41) is 5.34. The molecule has 0 spiro atoms. The zero-order chi connectivity index (χ0) is 10.7. The fourth-order valence-electron chi connectivity index (χ4n) is 2.41. The first-order valence-electron chi connectivity index (χ1n) is 6.03. The molecule has 2 atom stereocenters. The smallest absolute Gasteiger partial charge is 0.238 e. The van der Waals surface area contributed by atoms with Gasteiger partial charge < -0.3 is 5.32 Å². The molecule has 0 bridgehead atoms.